The highest BCUT2D eigenvalue weighted by molar-refractivity contribution is 9.10. The number of benzene rings is 3. The third kappa shape index (κ3) is 3.02. The van der Waals surface area contributed by atoms with Gasteiger partial charge in [0, 0.05) is 4.47 Å². The van der Waals surface area contributed by atoms with Gasteiger partial charge >= 0.3 is 0 Å². The number of halogens is 1. The first-order valence-electron chi connectivity index (χ1n) is 8.08. The monoisotopic (exact) mass is 407 g/mol. The van der Waals surface area contributed by atoms with Crippen LogP contribution in [0.1, 0.15) is 26.3 Å². The van der Waals surface area contributed by atoms with E-state index in [2.05, 4.69) is 15.9 Å². The largest absolute Gasteiger partial charge is 0.489 e. The second-order valence-electron chi connectivity index (χ2n) is 5.90. The Kier molecular flexibility index (Phi) is 4.31. The lowest BCUT2D eigenvalue weighted by atomic mass is 10.1. The minimum Gasteiger partial charge on any atom is -0.489 e. The Balaban J connectivity index is 1.49. The van der Waals surface area contributed by atoms with Gasteiger partial charge in [-0.25, -0.2) is 4.90 Å². The zero-order valence-electron chi connectivity index (χ0n) is 13.7. The van der Waals surface area contributed by atoms with Crippen LogP contribution in [0.5, 0.6) is 5.75 Å². The Morgan fingerprint density at radius 3 is 1.92 bits per heavy atom. The number of fused-ring (bicyclic) bond motifs is 1. The first kappa shape index (κ1) is 16.5. The maximum absolute atomic E-state index is 12.5. The van der Waals surface area contributed by atoms with Crippen LogP contribution < -0.4 is 9.64 Å². The maximum atomic E-state index is 12.5. The summed E-state index contributed by atoms with van der Waals surface area (Å²) in [6.07, 6.45) is 0. The van der Waals surface area contributed by atoms with Crippen molar-refractivity contribution in [1.82, 2.24) is 0 Å². The van der Waals surface area contributed by atoms with Gasteiger partial charge in [-0.05, 0) is 54.1 Å². The van der Waals surface area contributed by atoms with E-state index in [0.29, 0.717) is 29.2 Å². The van der Waals surface area contributed by atoms with Gasteiger partial charge in [-0.3, -0.25) is 9.59 Å². The van der Waals surface area contributed by atoms with Crippen LogP contribution >= 0.6 is 15.9 Å². The average Bonchev–Trinajstić information content (AvgIpc) is 2.93. The summed E-state index contributed by atoms with van der Waals surface area (Å²) in [4.78, 5) is 26.2. The van der Waals surface area contributed by atoms with Crippen molar-refractivity contribution in [2.24, 2.45) is 0 Å². The number of rotatable bonds is 4. The van der Waals surface area contributed by atoms with Crippen molar-refractivity contribution in [3.63, 3.8) is 0 Å². The fourth-order valence-corrected chi connectivity index (χ4v) is 3.13. The lowest BCUT2D eigenvalue weighted by Gasteiger charge is -2.14. The smallest absolute Gasteiger partial charge is 0.266 e. The molecule has 0 bridgehead atoms. The molecular weight excluding hydrogens is 394 g/mol. The summed E-state index contributed by atoms with van der Waals surface area (Å²) in [7, 11) is 0. The molecule has 128 valence electrons. The molecule has 4 rings (SSSR count). The molecule has 0 atom stereocenters. The highest BCUT2D eigenvalue weighted by Gasteiger charge is 2.36. The standard InChI is InChI=1S/C21H14BrNO3/c22-15-7-5-14(6-8-15)13-26-17-11-9-16(10-12-17)23-20(24)18-3-1-2-4-19(18)21(23)25/h1-12H,13H2. The second-order valence-corrected chi connectivity index (χ2v) is 6.82. The van der Waals surface area contributed by atoms with Gasteiger partial charge in [-0.2, -0.15) is 0 Å². The quantitative estimate of drug-likeness (QED) is 0.581. The molecular formula is C21H14BrNO3. The topological polar surface area (TPSA) is 46.6 Å². The van der Waals surface area contributed by atoms with E-state index in [1.165, 1.54) is 4.90 Å². The van der Waals surface area contributed by atoms with Gasteiger partial charge in [0.25, 0.3) is 11.8 Å². The Labute approximate surface area is 159 Å². The van der Waals surface area contributed by atoms with Crippen molar-refractivity contribution in [3.8, 4) is 5.75 Å². The van der Waals surface area contributed by atoms with Gasteiger partial charge in [0.05, 0.1) is 16.8 Å². The average molecular weight is 408 g/mol. The number of carbonyl (C=O) groups is 2. The molecule has 4 nitrogen and oxygen atoms in total. The summed E-state index contributed by atoms with van der Waals surface area (Å²) in [5.74, 6) is 0.0801. The van der Waals surface area contributed by atoms with Gasteiger partial charge in [0.15, 0.2) is 0 Å². The summed E-state index contributed by atoms with van der Waals surface area (Å²) in [5, 5.41) is 0. The summed E-state index contributed by atoms with van der Waals surface area (Å²) < 4.78 is 6.78. The van der Waals surface area contributed by atoms with Gasteiger partial charge < -0.3 is 4.74 Å². The zero-order valence-corrected chi connectivity index (χ0v) is 15.3. The number of amides is 2. The summed E-state index contributed by atoms with van der Waals surface area (Å²) >= 11 is 3.40. The number of hydrogen-bond donors (Lipinski definition) is 0. The second kappa shape index (κ2) is 6.77. The van der Waals surface area contributed by atoms with Crippen LogP contribution in [0.2, 0.25) is 0 Å². The first-order valence-corrected chi connectivity index (χ1v) is 8.88. The van der Waals surface area contributed by atoms with Crippen molar-refractivity contribution in [1.29, 1.82) is 0 Å². The number of nitrogens with zero attached hydrogens (tertiary/aromatic N) is 1. The molecule has 2 amide bonds. The van der Waals surface area contributed by atoms with Crippen molar-refractivity contribution >= 4 is 33.4 Å². The first-order chi connectivity index (χ1) is 12.6. The minimum absolute atomic E-state index is 0.297. The van der Waals surface area contributed by atoms with E-state index in [4.69, 9.17) is 4.74 Å². The molecule has 3 aromatic rings. The number of hydrogen-bond acceptors (Lipinski definition) is 3. The zero-order chi connectivity index (χ0) is 18.1. The molecule has 0 spiro atoms. The summed E-state index contributed by atoms with van der Waals surface area (Å²) in [5.41, 5.74) is 2.46. The van der Waals surface area contributed by atoms with E-state index in [0.717, 1.165) is 10.0 Å². The molecule has 1 heterocycles. The van der Waals surface area contributed by atoms with E-state index in [9.17, 15) is 9.59 Å². The summed E-state index contributed by atoms with van der Waals surface area (Å²) in [6, 6.07) is 21.7. The van der Waals surface area contributed by atoms with Gasteiger partial charge in [0.1, 0.15) is 12.4 Å². The summed E-state index contributed by atoms with van der Waals surface area (Å²) in [6.45, 7) is 0.444. The van der Waals surface area contributed by atoms with E-state index in [-0.39, 0.29) is 11.8 Å². The lowest BCUT2D eigenvalue weighted by Crippen LogP contribution is -2.29. The molecule has 0 unspecified atom stereocenters. The molecule has 0 aromatic heterocycles. The molecule has 0 saturated carbocycles. The molecule has 1 aliphatic heterocycles. The van der Waals surface area contributed by atoms with E-state index >= 15 is 0 Å². The molecule has 0 N–H and O–H groups in total. The van der Waals surface area contributed by atoms with Crippen LogP contribution in [-0.4, -0.2) is 11.8 Å². The van der Waals surface area contributed by atoms with Crippen LogP contribution in [0.4, 0.5) is 5.69 Å². The molecule has 26 heavy (non-hydrogen) atoms. The fraction of sp³-hybridized carbons (Fsp3) is 0.0476. The number of carbonyl (C=O) groups excluding carboxylic acids is 2. The predicted molar refractivity (Wildman–Crippen MR) is 102 cm³/mol. The number of ether oxygens (including phenoxy) is 1. The molecule has 1 aliphatic rings. The maximum Gasteiger partial charge on any atom is 0.266 e. The SMILES string of the molecule is O=C1c2ccccc2C(=O)N1c1ccc(OCc2ccc(Br)cc2)cc1. The van der Waals surface area contributed by atoms with Gasteiger partial charge in [-0.15, -0.1) is 0 Å². The van der Waals surface area contributed by atoms with Crippen LogP contribution in [0.25, 0.3) is 0 Å². The van der Waals surface area contributed by atoms with Crippen LogP contribution in [0.3, 0.4) is 0 Å². The van der Waals surface area contributed by atoms with Gasteiger partial charge in [0.2, 0.25) is 0 Å². The normalized spacial score (nSPS) is 13.0. The molecule has 0 radical (unpaired) electrons. The van der Waals surface area contributed by atoms with Crippen LogP contribution in [0.15, 0.2) is 77.3 Å². The van der Waals surface area contributed by atoms with Crippen molar-refractivity contribution in [2.75, 3.05) is 4.90 Å². The Bertz CT molecular complexity index is 946. The van der Waals surface area contributed by atoms with E-state index in [1.807, 2.05) is 24.3 Å². The Morgan fingerprint density at radius 1 is 0.769 bits per heavy atom. The van der Waals surface area contributed by atoms with Crippen molar-refractivity contribution < 1.29 is 14.3 Å². The number of imide groups is 1. The molecule has 0 fully saturated rings. The predicted octanol–water partition coefficient (Wildman–Crippen LogP) is 4.83. The third-order valence-electron chi connectivity index (χ3n) is 4.21. The Morgan fingerprint density at radius 2 is 1.35 bits per heavy atom. The van der Waals surface area contributed by atoms with Crippen molar-refractivity contribution in [2.45, 2.75) is 6.61 Å². The van der Waals surface area contributed by atoms with Gasteiger partial charge in [-0.1, -0.05) is 40.2 Å². The van der Waals surface area contributed by atoms with Crippen LogP contribution in [0, 0.1) is 0 Å². The van der Waals surface area contributed by atoms with Crippen LogP contribution in [-0.2, 0) is 6.61 Å². The minimum atomic E-state index is -0.297. The number of anilines is 1. The lowest BCUT2D eigenvalue weighted by molar-refractivity contribution is 0.0926. The highest BCUT2D eigenvalue weighted by Crippen LogP contribution is 2.29. The molecule has 0 aliphatic carbocycles. The molecule has 0 saturated heterocycles. The highest BCUT2D eigenvalue weighted by atomic mass is 79.9. The molecule has 3 aromatic carbocycles. The fourth-order valence-electron chi connectivity index (χ4n) is 2.86. The Hall–Kier alpha value is -2.92. The third-order valence-corrected chi connectivity index (χ3v) is 4.74. The van der Waals surface area contributed by atoms with Crippen molar-refractivity contribution in [3.05, 3.63) is 94.0 Å². The van der Waals surface area contributed by atoms with E-state index in [1.54, 1.807) is 48.5 Å². The van der Waals surface area contributed by atoms with E-state index < -0.39 is 0 Å². The molecule has 5 heteroatoms.